The number of nitrogens with zero attached hydrogens (tertiary/aromatic N) is 5. The molecule has 0 fully saturated rings. The lowest BCUT2D eigenvalue weighted by atomic mass is 10.0. The topological polar surface area (TPSA) is 74.2 Å². The van der Waals surface area contributed by atoms with E-state index in [9.17, 15) is 4.79 Å². The van der Waals surface area contributed by atoms with Crippen LogP contribution < -0.4 is 10.2 Å². The van der Waals surface area contributed by atoms with Crippen molar-refractivity contribution in [3.05, 3.63) is 100 Å². The van der Waals surface area contributed by atoms with Gasteiger partial charge < -0.3 is 15.1 Å². The van der Waals surface area contributed by atoms with Crippen molar-refractivity contribution in [2.24, 2.45) is 0 Å². The number of anilines is 2. The van der Waals surface area contributed by atoms with Gasteiger partial charge in [-0.15, -0.1) is 0 Å². The first kappa shape index (κ1) is 23.9. The molecule has 2 aromatic heterocycles. The summed E-state index contributed by atoms with van der Waals surface area (Å²) >= 11 is 3.56. The van der Waals surface area contributed by atoms with Crippen LogP contribution >= 0.6 is 15.9 Å². The Labute approximate surface area is 219 Å². The van der Waals surface area contributed by atoms with Crippen LogP contribution in [0, 0.1) is 0 Å². The number of carbonyl (C=O) groups excluding carboxylic acids is 1. The molecule has 2 amide bonds. The van der Waals surface area contributed by atoms with Crippen molar-refractivity contribution < 1.29 is 4.79 Å². The van der Waals surface area contributed by atoms with Crippen molar-refractivity contribution in [2.45, 2.75) is 19.4 Å². The molecule has 0 atom stereocenters. The third-order valence-electron chi connectivity index (χ3n) is 6.22. The van der Waals surface area contributed by atoms with E-state index in [1.165, 1.54) is 0 Å². The summed E-state index contributed by atoms with van der Waals surface area (Å²) in [4.78, 5) is 31.4. The summed E-state index contributed by atoms with van der Waals surface area (Å²) in [7, 11) is 2.04. The van der Waals surface area contributed by atoms with Crippen LogP contribution in [0.2, 0.25) is 0 Å². The lowest BCUT2D eigenvalue weighted by Crippen LogP contribution is -2.40. The summed E-state index contributed by atoms with van der Waals surface area (Å²) in [6.45, 7) is 1.79. The molecule has 0 saturated heterocycles. The number of para-hydroxylation sites is 1. The Kier molecular flexibility index (Phi) is 7.23. The Morgan fingerprint density at radius 3 is 2.67 bits per heavy atom. The van der Waals surface area contributed by atoms with Crippen molar-refractivity contribution in [2.75, 3.05) is 30.4 Å². The van der Waals surface area contributed by atoms with Gasteiger partial charge in [-0.3, -0.25) is 4.98 Å². The molecule has 1 aliphatic heterocycles. The number of aromatic nitrogens is 3. The second kappa shape index (κ2) is 10.9. The summed E-state index contributed by atoms with van der Waals surface area (Å²) in [5.74, 6) is 1.54. The summed E-state index contributed by atoms with van der Waals surface area (Å²) < 4.78 is 0.982. The Bertz CT molecular complexity index is 1350. The number of fused-ring (bicyclic) bond motifs is 1. The molecule has 0 unspecified atom stereocenters. The van der Waals surface area contributed by atoms with Crippen molar-refractivity contribution in [1.82, 2.24) is 19.9 Å². The molecule has 0 spiro atoms. The summed E-state index contributed by atoms with van der Waals surface area (Å²) in [5.41, 5.74) is 4.75. The maximum absolute atomic E-state index is 13.0. The minimum absolute atomic E-state index is 0.120. The van der Waals surface area contributed by atoms with Crippen LogP contribution in [-0.2, 0) is 19.4 Å². The number of rotatable bonds is 6. The zero-order valence-electron chi connectivity index (χ0n) is 20.1. The first-order chi connectivity index (χ1) is 17.6. The normalized spacial score (nSPS) is 12.7. The molecule has 3 heterocycles. The maximum Gasteiger partial charge on any atom is 0.322 e. The number of hydrogen-bond acceptors (Lipinski definition) is 5. The highest BCUT2D eigenvalue weighted by Crippen LogP contribution is 2.30. The molecule has 7 nitrogen and oxygen atoms in total. The molecule has 182 valence electrons. The highest BCUT2D eigenvalue weighted by molar-refractivity contribution is 9.10. The minimum atomic E-state index is -0.120. The van der Waals surface area contributed by atoms with E-state index >= 15 is 0 Å². The van der Waals surface area contributed by atoms with Gasteiger partial charge in [-0.1, -0.05) is 52.3 Å². The number of halogens is 1. The molecule has 8 heteroatoms. The lowest BCUT2D eigenvalue weighted by molar-refractivity contribution is 0.206. The van der Waals surface area contributed by atoms with Crippen LogP contribution in [-0.4, -0.2) is 46.0 Å². The molecule has 36 heavy (non-hydrogen) atoms. The van der Waals surface area contributed by atoms with E-state index in [1.54, 1.807) is 0 Å². The average molecular weight is 543 g/mol. The smallest absolute Gasteiger partial charge is 0.322 e. The van der Waals surface area contributed by atoms with Gasteiger partial charge in [-0.25, -0.2) is 14.8 Å². The number of benzene rings is 2. The quantitative estimate of drug-likeness (QED) is 0.344. The van der Waals surface area contributed by atoms with Crippen LogP contribution in [0.4, 0.5) is 16.3 Å². The predicted octanol–water partition coefficient (Wildman–Crippen LogP) is 5.57. The minimum Gasteiger partial charge on any atom is -0.359 e. The Balaban J connectivity index is 1.44. The fourth-order valence-electron chi connectivity index (χ4n) is 4.30. The third-order valence-corrected chi connectivity index (χ3v) is 6.72. The van der Waals surface area contributed by atoms with Crippen molar-refractivity contribution in [3.8, 4) is 11.4 Å². The zero-order chi connectivity index (χ0) is 24.9. The zero-order valence-corrected chi connectivity index (χ0v) is 21.6. The number of hydrogen-bond donors (Lipinski definition) is 1. The van der Waals surface area contributed by atoms with E-state index in [-0.39, 0.29) is 6.03 Å². The van der Waals surface area contributed by atoms with E-state index in [4.69, 9.17) is 9.97 Å². The first-order valence-corrected chi connectivity index (χ1v) is 12.7. The first-order valence-electron chi connectivity index (χ1n) is 11.9. The van der Waals surface area contributed by atoms with Gasteiger partial charge in [-0.2, -0.15) is 0 Å². The summed E-state index contributed by atoms with van der Waals surface area (Å²) in [6.07, 6.45) is 3.28. The molecule has 4 aromatic rings. The SMILES string of the molecule is CN(CCc1ccccn1)c1nc(-c2cccc(Br)c2)nc2c1CN(C(=O)Nc1ccccc1)CC2. The second-order valence-corrected chi connectivity index (χ2v) is 9.68. The Morgan fingerprint density at radius 1 is 1.06 bits per heavy atom. The molecule has 0 saturated carbocycles. The van der Waals surface area contributed by atoms with Gasteiger partial charge in [-0.05, 0) is 36.4 Å². The van der Waals surface area contributed by atoms with Crippen LogP contribution in [0.5, 0.6) is 0 Å². The van der Waals surface area contributed by atoms with Gasteiger partial charge in [0.25, 0.3) is 0 Å². The van der Waals surface area contributed by atoms with Crippen molar-refractivity contribution in [3.63, 3.8) is 0 Å². The highest BCUT2D eigenvalue weighted by atomic mass is 79.9. The second-order valence-electron chi connectivity index (χ2n) is 8.77. The molecule has 2 aromatic carbocycles. The number of pyridine rings is 1. The van der Waals surface area contributed by atoms with Crippen molar-refractivity contribution >= 4 is 33.5 Å². The number of amides is 2. The number of nitrogens with one attached hydrogen (secondary N) is 1. The molecular weight excluding hydrogens is 516 g/mol. The fourth-order valence-corrected chi connectivity index (χ4v) is 4.70. The Hall–Kier alpha value is -3.78. The molecule has 5 rings (SSSR count). The van der Waals surface area contributed by atoms with E-state index in [1.807, 2.05) is 90.9 Å². The van der Waals surface area contributed by atoms with Crippen LogP contribution in [0.25, 0.3) is 11.4 Å². The monoisotopic (exact) mass is 542 g/mol. The molecule has 0 radical (unpaired) electrons. The molecule has 1 N–H and O–H groups in total. The molecule has 0 aliphatic carbocycles. The van der Waals surface area contributed by atoms with Gasteiger partial charge in [0.2, 0.25) is 0 Å². The van der Waals surface area contributed by atoms with Crippen LogP contribution in [0.3, 0.4) is 0 Å². The molecular formula is C28H27BrN6O. The predicted molar refractivity (Wildman–Crippen MR) is 146 cm³/mol. The van der Waals surface area contributed by atoms with Gasteiger partial charge in [0.1, 0.15) is 5.82 Å². The van der Waals surface area contributed by atoms with Crippen LogP contribution in [0.1, 0.15) is 17.0 Å². The fraction of sp³-hybridized carbons (Fsp3) is 0.214. The maximum atomic E-state index is 13.0. The average Bonchev–Trinajstić information content (AvgIpc) is 2.92. The summed E-state index contributed by atoms with van der Waals surface area (Å²) in [6, 6.07) is 23.4. The van der Waals surface area contributed by atoms with Gasteiger partial charge >= 0.3 is 6.03 Å². The van der Waals surface area contributed by atoms with E-state index in [2.05, 4.69) is 31.1 Å². The largest absolute Gasteiger partial charge is 0.359 e. The van der Waals surface area contributed by atoms with Crippen molar-refractivity contribution in [1.29, 1.82) is 0 Å². The lowest BCUT2D eigenvalue weighted by Gasteiger charge is -2.32. The number of carbonyl (C=O) groups is 1. The van der Waals surface area contributed by atoms with E-state index < -0.39 is 0 Å². The Morgan fingerprint density at radius 2 is 1.89 bits per heavy atom. The third kappa shape index (κ3) is 5.54. The van der Waals surface area contributed by atoms with Crippen LogP contribution in [0.15, 0.2) is 83.5 Å². The summed E-state index contributed by atoms with van der Waals surface area (Å²) in [5, 5.41) is 3.00. The van der Waals surface area contributed by atoms with E-state index in [0.717, 1.165) is 51.5 Å². The molecule has 1 aliphatic rings. The van der Waals surface area contributed by atoms with E-state index in [0.29, 0.717) is 25.3 Å². The molecule has 0 bridgehead atoms. The highest BCUT2D eigenvalue weighted by Gasteiger charge is 2.27. The number of likely N-dealkylation sites (N-methyl/N-ethyl adjacent to an activating group) is 1. The van der Waals surface area contributed by atoms with Gasteiger partial charge in [0.05, 0.1) is 12.2 Å². The van der Waals surface area contributed by atoms with Gasteiger partial charge in [0, 0.05) is 66.2 Å². The van der Waals surface area contributed by atoms with Gasteiger partial charge in [0.15, 0.2) is 5.82 Å². The standard InChI is InChI=1S/C28H27BrN6O/c1-34(16-13-22-10-5-6-15-30-22)27-24-19-35(28(36)31-23-11-3-2-4-12-23)17-14-25(24)32-26(33-27)20-8-7-9-21(29)18-20/h2-12,15,18H,13-14,16-17,19H2,1H3,(H,31,36). The number of urea groups is 1.